The van der Waals surface area contributed by atoms with Crippen molar-refractivity contribution < 1.29 is 10.4 Å². The number of nitrogens with two attached hydrogens (primary N) is 1. The number of hydrogen-bond donors (Lipinski definition) is 1. The third kappa shape index (κ3) is 2.88. The van der Waals surface area contributed by atoms with Crippen molar-refractivity contribution in [1.82, 2.24) is 0 Å². The molecule has 1 aliphatic rings. The van der Waals surface area contributed by atoms with Gasteiger partial charge in [0.05, 0.1) is 5.09 Å². The molecule has 0 bridgehead atoms. The van der Waals surface area contributed by atoms with E-state index in [1.807, 2.05) is 29.9 Å². The highest BCUT2D eigenvalue weighted by Gasteiger charge is 2.06. The van der Waals surface area contributed by atoms with E-state index in [4.69, 9.17) is 15.3 Å². The van der Waals surface area contributed by atoms with Crippen LogP contribution in [-0.4, -0.2) is 11.4 Å². The van der Waals surface area contributed by atoms with E-state index in [-0.39, 0.29) is 0 Å². The monoisotopic (exact) mass is 181 g/mol. The molecule has 0 spiro atoms. The average molecular weight is 181 g/mol. The van der Waals surface area contributed by atoms with Crippen LogP contribution < -0.4 is 5.32 Å². The Hall–Kier alpha value is -1.95. The van der Waals surface area contributed by atoms with E-state index < -0.39 is 5.09 Å². The molecular formula is C7H7N3O3. The molecule has 13 heavy (non-hydrogen) atoms. The fourth-order valence-electron chi connectivity index (χ4n) is 0.944. The van der Waals surface area contributed by atoms with Crippen LogP contribution in [0, 0.1) is 15.3 Å². The molecule has 0 saturated heterocycles. The van der Waals surface area contributed by atoms with Gasteiger partial charge in [-0.3, -0.25) is 5.32 Å². The number of rotatable bonds is 0. The Kier molecular flexibility index (Phi) is 2.93. The third-order valence-electron chi connectivity index (χ3n) is 1.40. The molecular weight excluding hydrogens is 174 g/mol. The molecule has 1 aliphatic heterocycles. The molecule has 1 aromatic carbocycles. The Morgan fingerprint density at radius 2 is 1.92 bits per heavy atom. The van der Waals surface area contributed by atoms with Gasteiger partial charge in [0.2, 0.25) is 0 Å². The highest BCUT2D eigenvalue weighted by Crippen LogP contribution is 2.20. The summed E-state index contributed by atoms with van der Waals surface area (Å²) >= 11 is 0. The maximum atomic E-state index is 8.25. The lowest BCUT2D eigenvalue weighted by atomic mass is 10.3. The summed E-state index contributed by atoms with van der Waals surface area (Å²) in [6, 6.07) is 8.08. The first-order valence-electron chi connectivity index (χ1n) is 3.48. The van der Waals surface area contributed by atoms with Crippen molar-refractivity contribution in [3.63, 3.8) is 0 Å². The Balaban J connectivity index is 0.000000184. The fraction of sp³-hybridized carbons (Fsp3) is 0. The summed E-state index contributed by atoms with van der Waals surface area (Å²) in [7, 11) is 0. The fourth-order valence-corrected chi connectivity index (χ4v) is 0.944. The minimum absolute atomic E-state index is 1.08. The molecule has 68 valence electrons. The van der Waals surface area contributed by atoms with Crippen LogP contribution in [0.3, 0.4) is 0 Å². The van der Waals surface area contributed by atoms with E-state index >= 15 is 0 Å². The molecule has 2 rings (SSSR count). The van der Waals surface area contributed by atoms with Crippen molar-refractivity contribution in [2.24, 2.45) is 4.99 Å². The van der Waals surface area contributed by atoms with Gasteiger partial charge in [0.25, 0.3) is 0 Å². The van der Waals surface area contributed by atoms with Gasteiger partial charge in [-0.1, -0.05) is 12.1 Å². The number of para-hydroxylation sites is 2. The Labute approximate surface area is 73.6 Å². The topological polar surface area (TPSA) is 95.2 Å². The van der Waals surface area contributed by atoms with Gasteiger partial charge in [-0.05, 0) is 6.07 Å². The maximum Gasteiger partial charge on any atom is 0.192 e. The quantitative estimate of drug-likeness (QED) is 0.354. The zero-order valence-electron chi connectivity index (χ0n) is 6.58. The largest absolute Gasteiger partial charge is 0.356 e. The van der Waals surface area contributed by atoms with Crippen molar-refractivity contribution in [1.29, 1.82) is 0 Å². The predicted molar refractivity (Wildman–Crippen MR) is 46.5 cm³/mol. The van der Waals surface area contributed by atoms with Gasteiger partial charge in [0.1, 0.15) is 5.69 Å². The predicted octanol–water partition coefficient (Wildman–Crippen LogP) is 0.316. The second kappa shape index (κ2) is 4.17. The molecule has 0 aliphatic carbocycles. The van der Waals surface area contributed by atoms with Gasteiger partial charge in [-0.15, -0.1) is 0 Å². The number of quaternary nitrogens is 1. The lowest BCUT2D eigenvalue weighted by Gasteiger charge is -1.87. The van der Waals surface area contributed by atoms with E-state index in [0.717, 1.165) is 5.69 Å². The van der Waals surface area contributed by atoms with Crippen molar-refractivity contribution in [3.8, 4) is 0 Å². The van der Waals surface area contributed by atoms with Crippen LogP contribution in [-0.2, 0) is 0 Å². The van der Waals surface area contributed by atoms with E-state index in [2.05, 4.69) is 11.1 Å². The Bertz CT molecular complexity index is 334. The Morgan fingerprint density at radius 3 is 2.54 bits per heavy atom. The standard InChI is InChI=1S/C7H6N2.NO3/c1-2-4-7-6(3-1)8-5-9-7;2-1(3)4/h1-5H,(H,8,9);/q;-1/p+1. The smallest absolute Gasteiger partial charge is 0.192 e. The number of fused-ring (bicyclic) bond motifs is 1. The van der Waals surface area contributed by atoms with Gasteiger partial charge in [-0.2, -0.15) is 4.99 Å². The summed E-state index contributed by atoms with van der Waals surface area (Å²) in [6.45, 7) is 0. The summed E-state index contributed by atoms with van der Waals surface area (Å²) in [5.74, 6) is 0. The average Bonchev–Trinajstić information content (AvgIpc) is 2.49. The zero-order valence-corrected chi connectivity index (χ0v) is 6.58. The van der Waals surface area contributed by atoms with E-state index in [0.29, 0.717) is 0 Å². The molecule has 0 aromatic heterocycles. The maximum absolute atomic E-state index is 8.25. The highest BCUT2D eigenvalue weighted by atomic mass is 16.9. The van der Waals surface area contributed by atoms with Gasteiger partial charge in [0, 0.05) is 6.07 Å². The van der Waals surface area contributed by atoms with E-state index in [1.54, 1.807) is 0 Å². The summed E-state index contributed by atoms with van der Waals surface area (Å²) in [6.07, 6.45) is 1.82. The minimum Gasteiger partial charge on any atom is -0.356 e. The van der Waals surface area contributed by atoms with Crippen LogP contribution in [0.4, 0.5) is 11.4 Å². The normalized spacial score (nSPS) is 11.4. The van der Waals surface area contributed by atoms with Crippen molar-refractivity contribution in [3.05, 3.63) is 39.6 Å². The first-order chi connectivity index (χ1) is 6.20. The van der Waals surface area contributed by atoms with E-state index in [9.17, 15) is 0 Å². The second-order valence-corrected chi connectivity index (χ2v) is 2.23. The van der Waals surface area contributed by atoms with Crippen molar-refractivity contribution in [2.75, 3.05) is 0 Å². The van der Waals surface area contributed by atoms with Crippen LogP contribution in [0.25, 0.3) is 0 Å². The summed E-state index contributed by atoms with van der Waals surface area (Å²) in [5.41, 5.74) is 2.30. The number of nitrogens with zero attached hydrogens (tertiary/aromatic N) is 2. The molecule has 0 amide bonds. The molecule has 6 nitrogen and oxygen atoms in total. The van der Waals surface area contributed by atoms with Gasteiger partial charge in [0.15, 0.2) is 12.0 Å². The molecule has 0 atom stereocenters. The summed E-state index contributed by atoms with van der Waals surface area (Å²) in [5, 5.41) is 16.8. The van der Waals surface area contributed by atoms with E-state index in [1.165, 1.54) is 5.69 Å². The SMILES string of the molecule is C1=Nc2ccccc2[NH2+]1.O=[N+]([O-])[O-]. The van der Waals surface area contributed by atoms with Crippen molar-refractivity contribution in [2.45, 2.75) is 0 Å². The molecule has 1 aromatic rings. The second-order valence-electron chi connectivity index (χ2n) is 2.23. The molecule has 0 unspecified atom stereocenters. The minimum atomic E-state index is -1.75. The first-order valence-corrected chi connectivity index (χ1v) is 3.48. The molecule has 6 heteroatoms. The lowest BCUT2D eigenvalue weighted by molar-refractivity contribution is -0.427. The first kappa shape index (κ1) is 9.14. The van der Waals surface area contributed by atoms with Crippen LogP contribution in [0.15, 0.2) is 29.3 Å². The highest BCUT2D eigenvalue weighted by molar-refractivity contribution is 5.70. The van der Waals surface area contributed by atoms with Gasteiger partial charge < -0.3 is 15.3 Å². The van der Waals surface area contributed by atoms with Crippen LogP contribution in [0.5, 0.6) is 0 Å². The number of aliphatic imine (C=N–C) groups is 1. The summed E-state index contributed by atoms with van der Waals surface area (Å²) < 4.78 is 0. The van der Waals surface area contributed by atoms with Crippen LogP contribution in [0.1, 0.15) is 0 Å². The molecule has 0 saturated carbocycles. The Morgan fingerprint density at radius 1 is 1.31 bits per heavy atom. The van der Waals surface area contributed by atoms with Gasteiger partial charge >= 0.3 is 0 Å². The third-order valence-corrected chi connectivity index (χ3v) is 1.40. The van der Waals surface area contributed by atoms with Crippen LogP contribution >= 0.6 is 0 Å². The lowest BCUT2D eigenvalue weighted by Crippen LogP contribution is -2.74. The van der Waals surface area contributed by atoms with Gasteiger partial charge in [-0.25, -0.2) is 0 Å². The number of hydrogen-bond acceptors (Lipinski definition) is 4. The molecule has 0 fully saturated rings. The summed E-state index contributed by atoms with van der Waals surface area (Å²) in [4.78, 5) is 12.4. The van der Waals surface area contributed by atoms with Crippen LogP contribution in [0.2, 0.25) is 0 Å². The molecule has 0 radical (unpaired) electrons. The molecule has 2 N–H and O–H groups in total. The molecule has 1 heterocycles. The number of benzene rings is 1. The zero-order chi connectivity index (χ0) is 9.68. The van der Waals surface area contributed by atoms with Crippen molar-refractivity contribution >= 4 is 17.7 Å².